The van der Waals surface area contributed by atoms with E-state index in [1.807, 2.05) is 13.0 Å². The van der Waals surface area contributed by atoms with Gasteiger partial charge in [0, 0.05) is 11.3 Å². The molecule has 19 heavy (non-hydrogen) atoms. The van der Waals surface area contributed by atoms with Crippen LogP contribution in [0.15, 0.2) is 41.7 Å². The third kappa shape index (κ3) is 3.79. The van der Waals surface area contributed by atoms with Crippen LogP contribution in [0.25, 0.3) is 0 Å². The number of thioether (sulfide) groups is 1. The lowest BCUT2D eigenvalue weighted by Crippen LogP contribution is -2.02. The van der Waals surface area contributed by atoms with Crippen molar-refractivity contribution in [3.63, 3.8) is 0 Å². The van der Waals surface area contributed by atoms with Gasteiger partial charge in [-0.1, -0.05) is 11.8 Å². The van der Waals surface area contributed by atoms with Crippen molar-refractivity contribution >= 4 is 17.5 Å². The number of rotatable bonds is 5. The van der Waals surface area contributed by atoms with Gasteiger partial charge in [-0.15, -0.1) is 0 Å². The van der Waals surface area contributed by atoms with Gasteiger partial charge >= 0.3 is 0 Å². The molecule has 2 rings (SSSR count). The third-order valence-corrected chi connectivity index (χ3v) is 3.47. The van der Waals surface area contributed by atoms with Crippen LogP contribution in [0.5, 0.6) is 5.75 Å². The zero-order chi connectivity index (χ0) is 13.7. The van der Waals surface area contributed by atoms with E-state index in [0.29, 0.717) is 11.3 Å². The molecule has 0 unspecified atom stereocenters. The number of aryl methyl sites for hydroxylation is 1. The summed E-state index contributed by atoms with van der Waals surface area (Å²) >= 11 is 1.42. The lowest BCUT2D eigenvalue weighted by atomic mass is 10.1. The number of benzene rings is 1. The van der Waals surface area contributed by atoms with Gasteiger partial charge in [0.05, 0.1) is 12.9 Å². The molecule has 1 heterocycles. The van der Waals surface area contributed by atoms with Gasteiger partial charge in [0.1, 0.15) is 17.1 Å². The standard InChI is InChI=1S/C14H14N2O2S/c1-10-7-14(16-9-15-10)19-8-13(17)11-3-5-12(18-2)6-4-11/h3-7,9H,8H2,1-2H3. The number of aromatic nitrogens is 2. The zero-order valence-corrected chi connectivity index (χ0v) is 11.6. The highest BCUT2D eigenvalue weighted by atomic mass is 32.2. The minimum atomic E-state index is 0.0731. The lowest BCUT2D eigenvalue weighted by Gasteiger charge is -2.03. The van der Waals surface area contributed by atoms with Gasteiger partial charge in [0.2, 0.25) is 0 Å². The summed E-state index contributed by atoms with van der Waals surface area (Å²) in [6, 6.07) is 8.98. The van der Waals surface area contributed by atoms with Crippen LogP contribution in [-0.4, -0.2) is 28.6 Å². The van der Waals surface area contributed by atoms with Crippen LogP contribution < -0.4 is 4.74 Å². The molecule has 0 spiro atoms. The first kappa shape index (κ1) is 13.5. The van der Waals surface area contributed by atoms with Crippen LogP contribution >= 0.6 is 11.8 Å². The van der Waals surface area contributed by atoms with Gasteiger partial charge in [-0.3, -0.25) is 4.79 Å². The van der Waals surface area contributed by atoms with Crippen LogP contribution in [0.2, 0.25) is 0 Å². The van der Waals surface area contributed by atoms with E-state index in [1.165, 1.54) is 18.1 Å². The Balaban J connectivity index is 1.97. The lowest BCUT2D eigenvalue weighted by molar-refractivity contribution is 0.102. The molecular formula is C14H14N2O2S. The van der Waals surface area contributed by atoms with Crippen LogP contribution in [0, 0.1) is 6.92 Å². The average molecular weight is 274 g/mol. The Morgan fingerprint density at radius 1 is 1.26 bits per heavy atom. The molecule has 0 radical (unpaired) electrons. The predicted octanol–water partition coefficient (Wildman–Crippen LogP) is 2.77. The van der Waals surface area contributed by atoms with E-state index < -0.39 is 0 Å². The summed E-state index contributed by atoms with van der Waals surface area (Å²) in [5.41, 5.74) is 1.58. The van der Waals surface area contributed by atoms with Crippen molar-refractivity contribution in [2.45, 2.75) is 11.9 Å². The van der Waals surface area contributed by atoms with Crippen molar-refractivity contribution in [1.29, 1.82) is 0 Å². The van der Waals surface area contributed by atoms with Crippen LogP contribution in [0.4, 0.5) is 0 Å². The summed E-state index contributed by atoms with van der Waals surface area (Å²) in [7, 11) is 1.60. The van der Waals surface area contributed by atoms with Gasteiger partial charge in [-0.2, -0.15) is 0 Å². The maximum Gasteiger partial charge on any atom is 0.173 e. The summed E-state index contributed by atoms with van der Waals surface area (Å²) in [4.78, 5) is 20.1. The maximum absolute atomic E-state index is 12.0. The highest BCUT2D eigenvalue weighted by Crippen LogP contribution is 2.18. The summed E-state index contributed by atoms with van der Waals surface area (Å²) in [6.07, 6.45) is 1.51. The summed E-state index contributed by atoms with van der Waals surface area (Å²) < 4.78 is 5.06. The molecule has 98 valence electrons. The van der Waals surface area contributed by atoms with Crippen molar-refractivity contribution in [2.24, 2.45) is 0 Å². The Morgan fingerprint density at radius 2 is 2.00 bits per heavy atom. The van der Waals surface area contributed by atoms with E-state index in [1.54, 1.807) is 31.4 Å². The quantitative estimate of drug-likeness (QED) is 0.477. The Kier molecular flexibility index (Phi) is 4.52. The van der Waals surface area contributed by atoms with E-state index in [-0.39, 0.29) is 5.78 Å². The molecule has 1 aromatic heterocycles. The zero-order valence-electron chi connectivity index (χ0n) is 10.8. The van der Waals surface area contributed by atoms with E-state index in [4.69, 9.17) is 4.74 Å². The van der Waals surface area contributed by atoms with E-state index in [0.717, 1.165) is 16.5 Å². The molecule has 0 bridgehead atoms. The molecule has 2 aromatic rings. The first-order valence-electron chi connectivity index (χ1n) is 5.78. The van der Waals surface area contributed by atoms with E-state index in [2.05, 4.69) is 9.97 Å². The first-order valence-corrected chi connectivity index (χ1v) is 6.76. The Bertz CT molecular complexity index is 570. The van der Waals surface area contributed by atoms with Crippen molar-refractivity contribution < 1.29 is 9.53 Å². The van der Waals surface area contributed by atoms with Gasteiger partial charge in [0.15, 0.2) is 5.78 Å². The number of carbonyl (C=O) groups excluding carboxylic acids is 1. The third-order valence-electron chi connectivity index (χ3n) is 2.54. The fraction of sp³-hybridized carbons (Fsp3) is 0.214. The second-order valence-electron chi connectivity index (χ2n) is 3.94. The number of nitrogens with zero attached hydrogens (tertiary/aromatic N) is 2. The normalized spacial score (nSPS) is 10.2. The molecule has 0 amide bonds. The molecule has 0 aliphatic rings. The predicted molar refractivity (Wildman–Crippen MR) is 74.8 cm³/mol. The SMILES string of the molecule is COc1ccc(C(=O)CSc2cc(C)ncn2)cc1. The topological polar surface area (TPSA) is 52.1 Å². The number of hydrogen-bond donors (Lipinski definition) is 0. The number of methoxy groups -OCH3 is 1. The van der Waals surface area contributed by atoms with Gasteiger partial charge in [-0.25, -0.2) is 9.97 Å². The number of ketones is 1. The highest BCUT2D eigenvalue weighted by molar-refractivity contribution is 7.99. The Labute approximate surface area is 116 Å². The molecular weight excluding hydrogens is 260 g/mol. The minimum Gasteiger partial charge on any atom is -0.497 e. The monoisotopic (exact) mass is 274 g/mol. The van der Waals surface area contributed by atoms with Crippen molar-refractivity contribution in [1.82, 2.24) is 9.97 Å². The number of Topliss-reactive ketones (excluding diaryl/α,β-unsaturated/α-hetero) is 1. The second kappa shape index (κ2) is 6.33. The molecule has 0 aliphatic carbocycles. The molecule has 0 N–H and O–H groups in total. The second-order valence-corrected chi connectivity index (χ2v) is 4.93. The summed E-state index contributed by atoms with van der Waals surface area (Å²) in [5.74, 6) is 1.18. The maximum atomic E-state index is 12.0. The van der Waals surface area contributed by atoms with Crippen molar-refractivity contribution in [3.8, 4) is 5.75 Å². The fourth-order valence-corrected chi connectivity index (χ4v) is 2.33. The largest absolute Gasteiger partial charge is 0.497 e. The van der Waals surface area contributed by atoms with Crippen LogP contribution in [0.1, 0.15) is 16.1 Å². The van der Waals surface area contributed by atoms with Crippen molar-refractivity contribution in [3.05, 3.63) is 47.9 Å². The van der Waals surface area contributed by atoms with E-state index >= 15 is 0 Å². The molecule has 4 nitrogen and oxygen atoms in total. The van der Waals surface area contributed by atoms with E-state index in [9.17, 15) is 4.79 Å². The smallest absolute Gasteiger partial charge is 0.173 e. The van der Waals surface area contributed by atoms with Gasteiger partial charge in [-0.05, 0) is 37.3 Å². The van der Waals surface area contributed by atoms with Gasteiger partial charge in [0.25, 0.3) is 0 Å². The molecule has 0 atom stereocenters. The molecule has 0 fully saturated rings. The summed E-state index contributed by atoms with van der Waals surface area (Å²) in [5, 5.41) is 0.814. The van der Waals surface area contributed by atoms with Crippen molar-refractivity contribution in [2.75, 3.05) is 12.9 Å². The highest BCUT2D eigenvalue weighted by Gasteiger charge is 2.07. The number of carbonyl (C=O) groups is 1. The molecule has 1 aromatic carbocycles. The van der Waals surface area contributed by atoms with Crippen LogP contribution in [0.3, 0.4) is 0 Å². The molecule has 0 saturated carbocycles. The molecule has 5 heteroatoms. The number of ether oxygens (including phenoxy) is 1. The van der Waals surface area contributed by atoms with Gasteiger partial charge < -0.3 is 4.74 Å². The Morgan fingerprint density at radius 3 is 2.63 bits per heavy atom. The Hall–Kier alpha value is -1.88. The molecule has 0 aliphatic heterocycles. The first-order chi connectivity index (χ1) is 9.19. The minimum absolute atomic E-state index is 0.0731. The fourth-order valence-electron chi connectivity index (χ4n) is 1.51. The number of hydrogen-bond acceptors (Lipinski definition) is 5. The van der Waals surface area contributed by atoms with Crippen LogP contribution in [-0.2, 0) is 0 Å². The molecule has 0 saturated heterocycles. The average Bonchev–Trinajstić information content (AvgIpc) is 2.45. The summed E-state index contributed by atoms with van der Waals surface area (Å²) in [6.45, 7) is 1.90.